The predicted molar refractivity (Wildman–Crippen MR) is 89.9 cm³/mol. The Balaban J connectivity index is 1.86. The second-order valence-corrected chi connectivity index (χ2v) is 7.21. The Morgan fingerprint density at radius 1 is 1.25 bits per heavy atom. The van der Waals surface area contributed by atoms with Gasteiger partial charge in [-0.05, 0) is 33.6 Å². The first-order valence-corrected chi connectivity index (χ1v) is 7.96. The highest BCUT2D eigenvalue weighted by molar-refractivity contribution is 9.11. The van der Waals surface area contributed by atoms with Crippen LogP contribution in [-0.2, 0) is 17.8 Å². The van der Waals surface area contributed by atoms with Crippen molar-refractivity contribution in [1.29, 1.82) is 0 Å². The van der Waals surface area contributed by atoms with Gasteiger partial charge in [0.2, 0.25) is 5.91 Å². The van der Waals surface area contributed by atoms with Crippen molar-refractivity contribution in [3.63, 3.8) is 0 Å². The van der Waals surface area contributed by atoms with Crippen LogP contribution in [0.5, 0.6) is 0 Å². The van der Waals surface area contributed by atoms with E-state index in [0.717, 1.165) is 19.8 Å². The Hall–Kier alpha value is -1.24. The molecule has 6 heteroatoms. The zero-order chi connectivity index (χ0) is 14.5. The number of benzene rings is 1. The molecule has 0 unspecified atom stereocenters. The monoisotopic (exact) mass is 368 g/mol. The number of thiocarbonyl (C=S) groups is 1. The smallest absolute Gasteiger partial charge is 0.224 e. The molecule has 104 valence electrons. The molecule has 3 nitrogen and oxygen atoms in total. The molecule has 0 bridgehead atoms. The van der Waals surface area contributed by atoms with Crippen LogP contribution in [-0.4, -0.2) is 10.9 Å². The molecule has 0 atom stereocenters. The van der Waals surface area contributed by atoms with Crippen molar-refractivity contribution in [1.82, 2.24) is 5.32 Å². The summed E-state index contributed by atoms with van der Waals surface area (Å²) in [5, 5.41) is 2.90. The van der Waals surface area contributed by atoms with Crippen LogP contribution in [0.1, 0.15) is 16.0 Å². The van der Waals surface area contributed by atoms with Gasteiger partial charge in [-0.1, -0.05) is 36.5 Å². The molecule has 1 aromatic carbocycles. The molecule has 0 fully saturated rings. The molecule has 0 radical (unpaired) electrons. The zero-order valence-corrected chi connectivity index (χ0v) is 13.8. The van der Waals surface area contributed by atoms with Crippen molar-refractivity contribution in [2.45, 2.75) is 13.0 Å². The average molecular weight is 369 g/mol. The second-order valence-electron chi connectivity index (χ2n) is 4.22. The summed E-state index contributed by atoms with van der Waals surface area (Å²) in [6, 6.07) is 11.4. The Kier molecular flexibility index (Phi) is 5.28. The molecule has 0 aliphatic heterocycles. The maximum atomic E-state index is 11.8. The molecule has 0 saturated heterocycles. The fraction of sp³-hybridized carbons (Fsp3) is 0.143. The summed E-state index contributed by atoms with van der Waals surface area (Å²) in [4.78, 5) is 13.3. The summed E-state index contributed by atoms with van der Waals surface area (Å²) in [5.41, 5.74) is 7.28. The number of hydrogen-bond donors (Lipinski definition) is 2. The van der Waals surface area contributed by atoms with Gasteiger partial charge in [0.25, 0.3) is 0 Å². The molecular weight excluding hydrogens is 356 g/mol. The molecule has 3 N–H and O–H groups in total. The van der Waals surface area contributed by atoms with E-state index in [0.29, 0.717) is 18.0 Å². The fourth-order valence-electron chi connectivity index (χ4n) is 1.67. The third kappa shape index (κ3) is 4.40. The molecular formula is C14H13BrN2OS2. The average Bonchev–Trinajstić information content (AvgIpc) is 2.83. The Morgan fingerprint density at radius 2 is 1.95 bits per heavy atom. The van der Waals surface area contributed by atoms with Gasteiger partial charge in [0.1, 0.15) is 4.99 Å². The highest BCUT2D eigenvalue weighted by atomic mass is 79.9. The Morgan fingerprint density at radius 3 is 2.50 bits per heavy atom. The molecule has 1 amide bonds. The zero-order valence-electron chi connectivity index (χ0n) is 10.6. The lowest BCUT2D eigenvalue weighted by Crippen LogP contribution is -2.24. The molecule has 2 aromatic rings. The Bertz CT molecular complexity index is 622. The SMILES string of the molecule is NC(=S)c1ccc(CC(=O)NCc2ccc(Br)s2)cc1. The molecule has 20 heavy (non-hydrogen) atoms. The number of halogens is 1. The molecule has 2 rings (SSSR count). The molecule has 1 heterocycles. The van der Waals surface area contributed by atoms with Crippen molar-refractivity contribution in [3.8, 4) is 0 Å². The molecule has 1 aromatic heterocycles. The third-order valence-electron chi connectivity index (χ3n) is 2.69. The van der Waals surface area contributed by atoms with E-state index in [9.17, 15) is 4.79 Å². The van der Waals surface area contributed by atoms with Gasteiger partial charge in [-0.25, -0.2) is 0 Å². The van der Waals surface area contributed by atoms with Crippen molar-refractivity contribution < 1.29 is 4.79 Å². The number of nitrogens with two attached hydrogens (primary N) is 1. The first kappa shape index (κ1) is 15.2. The highest BCUT2D eigenvalue weighted by Gasteiger charge is 2.05. The van der Waals surface area contributed by atoms with Crippen LogP contribution in [0.4, 0.5) is 0 Å². The van der Waals surface area contributed by atoms with E-state index in [4.69, 9.17) is 18.0 Å². The van der Waals surface area contributed by atoms with Crippen LogP contribution >= 0.6 is 39.5 Å². The third-order valence-corrected chi connectivity index (χ3v) is 4.55. The number of thiophene rings is 1. The minimum atomic E-state index is -0.00222. The van der Waals surface area contributed by atoms with E-state index in [1.165, 1.54) is 0 Å². The minimum absolute atomic E-state index is 0.00222. The van der Waals surface area contributed by atoms with Crippen LogP contribution in [0.15, 0.2) is 40.2 Å². The van der Waals surface area contributed by atoms with Gasteiger partial charge in [0.15, 0.2) is 0 Å². The molecule has 0 aliphatic carbocycles. The van der Waals surface area contributed by atoms with E-state index in [1.807, 2.05) is 36.4 Å². The summed E-state index contributed by atoms with van der Waals surface area (Å²) < 4.78 is 1.06. The first-order chi connectivity index (χ1) is 9.54. The first-order valence-electron chi connectivity index (χ1n) is 5.94. The Labute approximate surface area is 135 Å². The summed E-state index contributed by atoms with van der Waals surface area (Å²) in [7, 11) is 0. The van der Waals surface area contributed by atoms with Crippen molar-refractivity contribution in [2.24, 2.45) is 5.73 Å². The van der Waals surface area contributed by atoms with Crippen LogP contribution in [0.2, 0.25) is 0 Å². The maximum Gasteiger partial charge on any atom is 0.224 e. The summed E-state index contributed by atoms with van der Waals surface area (Å²) in [5.74, 6) is -0.00222. The number of rotatable bonds is 5. The van der Waals surface area contributed by atoms with Gasteiger partial charge in [0.05, 0.1) is 16.8 Å². The van der Waals surface area contributed by atoms with Crippen LogP contribution < -0.4 is 11.1 Å². The van der Waals surface area contributed by atoms with Gasteiger partial charge >= 0.3 is 0 Å². The van der Waals surface area contributed by atoms with Gasteiger partial charge in [-0.3, -0.25) is 4.79 Å². The van der Waals surface area contributed by atoms with Crippen molar-refractivity contribution in [3.05, 3.63) is 56.2 Å². The second kappa shape index (κ2) is 6.97. The van der Waals surface area contributed by atoms with Crippen molar-refractivity contribution >= 4 is 50.4 Å². The van der Waals surface area contributed by atoms with Crippen molar-refractivity contribution in [2.75, 3.05) is 0 Å². The van der Waals surface area contributed by atoms with Gasteiger partial charge in [-0.2, -0.15) is 0 Å². The lowest BCUT2D eigenvalue weighted by molar-refractivity contribution is -0.120. The van der Waals surface area contributed by atoms with Gasteiger partial charge in [-0.15, -0.1) is 11.3 Å². The number of carbonyl (C=O) groups excluding carboxylic acids is 1. The number of nitrogens with one attached hydrogen (secondary N) is 1. The topological polar surface area (TPSA) is 55.1 Å². The summed E-state index contributed by atoms with van der Waals surface area (Å²) in [6.45, 7) is 0.556. The van der Waals surface area contributed by atoms with Gasteiger partial charge in [0, 0.05) is 10.4 Å². The van der Waals surface area contributed by atoms with E-state index in [2.05, 4.69) is 21.2 Å². The number of amides is 1. The largest absolute Gasteiger partial charge is 0.389 e. The van der Waals surface area contributed by atoms with E-state index < -0.39 is 0 Å². The number of carbonyl (C=O) groups is 1. The predicted octanol–water partition coefficient (Wildman–Crippen LogP) is 3.00. The maximum absolute atomic E-state index is 11.8. The van der Waals surface area contributed by atoms with Crippen LogP contribution in [0.3, 0.4) is 0 Å². The molecule has 0 spiro atoms. The van der Waals surface area contributed by atoms with Crippen LogP contribution in [0.25, 0.3) is 0 Å². The summed E-state index contributed by atoms with van der Waals surface area (Å²) in [6.07, 6.45) is 0.351. The highest BCUT2D eigenvalue weighted by Crippen LogP contribution is 2.21. The lowest BCUT2D eigenvalue weighted by Gasteiger charge is -2.05. The standard InChI is InChI=1S/C14H13BrN2OS2/c15-12-6-5-11(20-12)8-17-13(18)7-9-1-3-10(4-2-9)14(16)19/h1-6H,7-8H2,(H2,16,19)(H,17,18). The van der Waals surface area contributed by atoms with E-state index >= 15 is 0 Å². The fourth-order valence-corrected chi connectivity index (χ4v) is 3.23. The van der Waals surface area contributed by atoms with Gasteiger partial charge < -0.3 is 11.1 Å². The molecule has 0 saturated carbocycles. The number of hydrogen-bond acceptors (Lipinski definition) is 3. The van der Waals surface area contributed by atoms with E-state index in [1.54, 1.807) is 11.3 Å². The summed E-state index contributed by atoms with van der Waals surface area (Å²) >= 11 is 9.90. The van der Waals surface area contributed by atoms with E-state index in [-0.39, 0.29) is 5.91 Å². The minimum Gasteiger partial charge on any atom is -0.389 e. The molecule has 0 aliphatic rings. The van der Waals surface area contributed by atoms with Crippen LogP contribution in [0, 0.1) is 0 Å². The quantitative estimate of drug-likeness (QED) is 0.797. The lowest BCUT2D eigenvalue weighted by atomic mass is 10.1. The normalized spacial score (nSPS) is 10.2.